The molecule has 2 aromatic carbocycles. The van der Waals surface area contributed by atoms with Crippen LogP contribution in [0.2, 0.25) is 5.02 Å². The van der Waals surface area contributed by atoms with E-state index in [9.17, 15) is 19.2 Å². The molecule has 9 nitrogen and oxygen atoms in total. The molecule has 5 rings (SSSR count). The number of hydrazine groups is 1. The molecule has 3 amide bonds. The molecule has 2 fully saturated rings. The van der Waals surface area contributed by atoms with E-state index in [1.807, 2.05) is 44.2 Å². The number of halogens is 1. The number of nitrogens with zero attached hydrogens (tertiary/aromatic N) is 1. The molecule has 254 valence electrons. The van der Waals surface area contributed by atoms with Crippen LogP contribution in [0.4, 0.5) is 4.79 Å². The minimum atomic E-state index is -0.887. The van der Waals surface area contributed by atoms with E-state index in [-0.39, 0.29) is 30.1 Å². The van der Waals surface area contributed by atoms with Gasteiger partial charge in [-0.1, -0.05) is 87.9 Å². The number of esters is 1. The van der Waals surface area contributed by atoms with E-state index >= 15 is 0 Å². The van der Waals surface area contributed by atoms with Gasteiger partial charge >= 0.3 is 12.1 Å². The Bertz CT molecular complexity index is 1460. The largest absolute Gasteiger partial charge is 0.469 e. The summed E-state index contributed by atoms with van der Waals surface area (Å²) in [6.07, 6.45) is 8.58. The van der Waals surface area contributed by atoms with Gasteiger partial charge in [0.05, 0.1) is 7.11 Å². The topological polar surface area (TPSA) is 114 Å². The number of ether oxygens (including phenoxy) is 2. The average Bonchev–Trinajstić information content (AvgIpc) is 3.68. The summed E-state index contributed by atoms with van der Waals surface area (Å²) in [5, 5.41) is 4.82. The summed E-state index contributed by atoms with van der Waals surface area (Å²) in [5.74, 6) is -1.14. The molecular formula is C37H48ClN3O6. The first-order valence-corrected chi connectivity index (χ1v) is 17.5. The van der Waals surface area contributed by atoms with Gasteiger partial charge in [0.1, 0.15) is 12.1 Å². The summed E-state index contributed by atoms with van der Waals surface area (Å²) in [4.78, 5) is 52.3. The molecular weight excluding hydrogens is 618 g/mol. The van der Waals surface area contributed by atoms with Crippen molar-refractivity contribution in [3.8, 4) is 0 Å². The maximum atomic E-state index is 13.8. The van der Waals surface area contributed by atoms with Crippen LogP contribution < -0.4 is 10.7 Å². The average molecular weight is 666 g/mol. The number of hydrogen-bond acceptors (Lipinski definition) is 6. The Hall–Kier alpha value is -3.59. The molecule has 2 N–H and O–H groups in total. The Labute approximate surface area is 283 Å². The van der Waals surface area contributed by atoms with E-state index in [2.05, 4.69) is 22.9 Å². The third-order valence-corrected chi connectivity index (χ3v) is 10.5. The van der Waals surface area contributed by atoms with Crippen molar-refractivity contribution >= 4 is 35.5 Å². The first-order valence-electron chi connectivity index (χ1n) is 17.1. The van der Waals surface area contributed by atoms with Crippen molar-refractivity contribution in [2.24, 2.45) is 11.8 Å². The third kappa shape index (κ3) is 8.66. The van der Waals surface area contributed by atoms with Gasteiger partial charge in [-0.15, -0.1) is 0 Å². The Morgan fingerprint density at radius 3 is 2.51 bits per heavy atom. The predicted molar refractivity (Wildman–Crippen MR) is 179 cm³/mol. The monoisotopic (exact) mass is 665 g/mol. The van der Waals surface area contributed by atoms with Gasteiger partial charge in [0.25, 0.3) is 5.91 Å². The molecule has 1 saturated heterocycles. The minimum absolute atomic E-state index is 0.142. The van der Waals surface area contributed by atoms with Crippen LogP contribution in [0.15, 0.2) is 42.5 Å². The molecule has 1 aliphatic heterocycles. The molecule has 10 heteroatoms. The second-order valence-electron chi connectivity index (χ2n) is 13.9. The lowest BCUT2D eigenvalue weighted by molar-refractivity contribution is -0.143. The number of alkyl carbamates (subject to hydrolysis) is 1. The number of carbonyl (C=O) groups is 4. The Morgan fingerprint density at radius 1 is 1.00 bits per heavy atom. The lowest BCUT2D eigenvalue weighted by atomic mass is 9.76. The van der Waals surface area contributed by atoms with Gasteiger partial charge < -0.3 is 14.8 Å². The smallest absolute Gasteiger partial charge is 0.408 e. The molecule has 0 aromatic heterocycles. The van der Waals surface area contributed by atoms with Crippen molar-refractivity contribution in [1.82, 2.24) is 15.8 Å². The lowest BCUT2D eigenvalue weighted by Crippen LogP contribution is -2.54. The van der Waals surface area contributed by atoms with E-state index in [1.165, 1.54) is 29.7 Å². The summed E-state index contributed by atoms with van der Waals surface area (Å²) in [7, 11) is 1.32. The molecule has 47 heavy (non-hydrogen) atoms. The highest BCUT2D eigenvalue weighted by molar-refractivity contribution is 6.30. The van der Waals surface area contributed by atoms with E-state index in [1.54, 1.807) is 0 Å². The van der Waals surface area contributed by atoms with Gasteiger partial charge in [0, 0.05) is 29.3 Å². The van der Waals surface area contributed by atoms with Crippen LogP contribution in [-0.2, 0) is 42.1 Å². The number of benzene rings is 2. The summed E-state index contributed by atoms with van der Waals surface area (Å²) in [6, 6.07) is 13.0. The van der Waals surface area contributed by atoms with Crippen molar-refractivity contribution in [2.45, 2.75) is 108 Å². The lowest BCUT2D eigenvalue weighted by Gasteiger charge is -2.36. The third-order valence-electron chi connectivity index (χ3n) is 10.3. The number of aryl methyl sites for hydroxylation is 2. The molecule has 3 aliphatic rings. The molecule has 1 unspecified atom stereocenters. The quantitative estimate of drug-likeness (QED) is 0.243. The summed E-state index contributed by atoms with van der Waals surface area (Å²) < 4.78 is 11.0. The number of nitrogens with one attached hydrogen (secondary N) is 2. The number of rotatable bonds is 12. The number of amides is 3. The maximum Gasteiger partial charge on any atom is 0.408 e. The van der Waals surface area contributed by atoms with Crippen LogP contribution in [-0.4, -0.2) is 48.6 Å². The number of carbonyl (C=O) groups excluding carboxylic acids is 4. The van der Waals surface area contributed by atoms with Crippen molar-refractivity contribution in [3.63, 3.8) is 0 Å². The predicted octanol–water partition coefficient (Wildman–Crippen LogP) is 6.75. The molecule has 0 radical (unpaired) electrons. The standard InChI is InChI=1S/C37H48ClN3O6/c1-37(2,29-13-8-14-30(38)23-29)33(28-16-15-25-11-7-12-27(25)22-28)47-36(45)39-31(21-24-9-5-4-6-10-24)34(43)40-41-20-19-26(35(41)44)17-18-32(42)46-3/h8,13-16,22-24,26,31,33H,4-7,9-12,17-21H2,1-3H3,(H,39,45)(H,40,43)/t26-,31-,33?/m0/s1. The van der Waals surface area contributed by atoms with Gasteiger partial charge in [0.15, 0.2) is 0 Å². The van der Waals surface area contributed by atoms with E-state index < -0.39 is 29.6 Å². The number of fused-ring (bicyclic) bond motifs is 1. The molecule has 1 heterocycles. The van der Waals surface area contributed by atoms with Crippen LogP contribution in [0.3, 0.4) is 0 Å². The first-order chi connectivity index (χ1) is 22.5. The van der Waals surface area contributed by atoms with Crippen LogP contribution in [0.1, 0.15) is 106 Å². The summed E-state index contributed by atoms with van der Waals surface area (Å²) in [6.45, 7) is 4.41. The fraction of sp³-hybridized carbons (Fsp3) is 0.568. The Kier molecular flexibility index (Phi) is 11.5. The molecule has 0 bridgehead atoms. The maximum absolute atomic E-state index is 13.8. The normalized spacial score (nSPS) is 19.5. The highest BCUT2D eigenvalue weighted by Crippen LogP contribution is 2.42. The van der Waals surface area contributed by atoms with Crippen LogP contribution in [0.5, 0.6) is 0 Å². The molecule has 0 spiro atoms. The zero-order valence-corrected chi connectivity index (χ0v) is 28.6. The highest BCUT2D eigenvalue weighted by Gasteiger charge is 2.39. The SMILES string of the molecule is COC(=O)CC[C@H]1CCN(NC(=O)[C@H](CC2CCCCC2)NC(=O)OC(c2ccc3c(c2)CCC3)C(C)(C)c2cccc(Cl)c2)C1=O. The van der Waals surface area contributed by atoms with E-state index in [0.717, 1.165) is 56.1 Å². The minimum Gasteiger partial charge on any atom is -0.469 e. The van der Waals surface area contributed by atoms with Gasteiger partial charge in [-0.25, -0.2) is 4.79 Å². The molecule has 2 aliphatic carbocycles. The number of methoxy groups -OCH3 is 1. The van der Waals surface area contributed by atoms with Gasteiger partial charge in [-0.2, -0.15) is 0 Å². The second kappa shape index (κ2) is 15.5. The molecule has 2 aromatic rings. The van der Waals surface area contributed by atoms with Gasteiger partial charge in [-0.3, -0.25) is 24.8 Å². The highest BCUT2D eigenvalue weighted by atomic mass is 35.5. The van der Waals surface area contributed by atoms with Gasteiger partial charge in [-0.05, 0) is 78.8 Å². The van der Waals surface area contributed by atoms with Crippen LogP contribution >= 0.6 is 11.6 Å². The fourth-order valence-electron chi connectivity index (χ4n) is 7.42. The molecule has 3 atom stereocenters. The zero-order valence-electron chi connectivity index (χ0n) is 27.8. The first kappa shape index (κ1) is 34.7. The van der Waals surface area contributed by atoms with Crippen molar-refractivity contribution < 1.29 is 28.7 Å². The molecule has 1 saturated carbocycles. The zero-order chi connectivity index (χ0) is 33.6. The van der Waals surface area contributed by atoms with Crippen molar-refractivity contribution in [2.75, 3.05) is 13.7 Å². The number of hydrogen-bond donors (Lipinski definition) is 2. The second-order valence-corrected chi connectivity index (χ2v) is 14.3. The van der Waals surface area contributed by atoms with Crippen LogP contribution in [0.25, 0.3) is 0 Å². The Balaban J connectivity index is 1.34. The van der Waals surface area contributed by atoms with Crippen molar-refractivity contribution in [3.05, 3.63) is 69.7 Å². The van der Waals surface area contributed by atoms with Gasteiger partial charge in [0.2, 0.25) is 5.91 Å². The summed E-state index contributed by atoms with van der Waals surface area (Å²) in [5.41, 5.74) is 6.53. The van der Waals surface area contributed by atoms with Crippen LogP contribution in [0, 0.1) is 11.8 Å². The summed E-state index contributed by atoms with van der Waals surface area (Å²) >= 11 is 6.39. The fourth-order valence-corrected chi connectivity index (χ4v) is 7.61. The van der Waals surface area contributed by atoms with E-state index in [0.29, 0.717) is 30.8 Å². The van der Waals surface area contributed by atoms with E-state index in [4.69, 9.17) is 21.1 Å². The van der Waals surface area contributed by atoms with Crippen molar-refractivity contribution in [1.29, 1.82) is 0 Å². The Morgan fingerprint density at radius 2 is 1.77 bits per heavy atom.